The summed E-state index contributed by atoms with van der Waals surface area (Å²) in [5.41, 5.74) is 0. The van der Waals surface area contributed by atoms with Crippen molar-refractivity contribution in [3.05, 3.63) is 11.8 Å². The molecule has 94 valence electrons. The van der Waals surface area contributed by atoms with E-state index < -0.39 is 0 Å². The van der Waals surface area contributed by atoms with Crippen LogP contribution in [0.25, 0.3) is 0 Å². The molecule has 0 saturated heterocycles. The molecule has 0 radical (unpaired) electrons. The van der Waals surface area contributed by atoms with Gasteiger partial charge in [-0.25, -0.2) is 0 Å². The van der Waals surface area contributed by atoms with Crippen LogP contribution in [0.5, 0.6) is 0 Å². The third-order valence-electron chi connectivity index (χ3n) is 2.70. The van der Waals surface area contributed by atoms with E-state index in [4.69, 9.17) is 0 Å². The second-order valence-electron chi connectivity index (χ2n) is 4.29. The normalized spacial score (nSPS) is 12.5. The number of unbranched alkanes of at least 4 members (excludes halogenated alkanes) is 7. The average Bonchev–Trinajstić information content (AvgIpc) is 2.30. The van der Waals surface area contributed by atoms with Crippen LogP contribution < -0.4 is 0 Å². The first-order chi connectivity index (χ1) is 7.81. The number of hydrogen-bond acceptors (Lipinski definition) is 2. The monoisotopic (exact) mass is 225 g/mol. The molecule has 0 aromatic carbocycles. The number of aliphatic hydroxyl groups is 1. The van der Waals surface area contributed by atoms with E-state index in [-0.39, 0.29) is 0 Å². The van der Waals surface area contributed by atoms with Gasteiger partial charge < -0.3 is 5.11 Å². The highest BCUT2D eigenvalue weighted by molar-refractivity contribution is 5.71. The molecule has 16 heavy (non-hydrogen) atoms. The summed E-state index contributed by atoms with van der Waals surface area (Å²) in [5.74, 6) is 0.455. The second-order valence-corrected chi connectivity index (χ2v) is 4.29. The standard InChI is InChI=1S/C14H27NO/c1-3-4-5-6-7-8-9-10-11-14(16)12-13-15-2/h12-13,16H,3-11H2,1-2H3/b14-12?,15-13+. The summed E-state index contributed by atoms with van der Waals surface area (Å²) < 4.78 is 0. The Morgan fingerprint density at radius 3 is 2.12 bits per heavy atom. The lowest BCUT2D eigenvalue weighted by molar-refractivity contribution is 0.381. The Hall–Kier alpha value is -0.790. The van der Waals surface area contributed by atoms with Crippen molar-refractivity contribution in [2.24, 2.45) is 4.99 Å². The number of aliphatic hydroxyl groups excluding tert-OH is 1. The van der Waals surface area contributed by atoms with Crippen molar-refractivity contribution in [3.8, 4) is 0 Å². The van der Waals surface area contributed by atoms with Crippen LogP contribution in [0.3, 0.4) is 0 Å². The Morgan fingerprint density at radius 1 is 1.00 bits per heavy atom. The summed E-state index contributed by atoms with van der Waals surface area (Å²) in [6, 6.07) is 0. The molecule has 2 nitrogen and oxygen atoms in total. The van der Waals surface area contributed by atoms with Crippen molar-refractivity contribution in [3.63, 3.8) is 0 Å². The molecule has 2 heteroatoms. The van der Waals surface area contributed by atoms with Gasteiger partial charge >= 0.3 is 0 Å². The summed E-state index contributed by atoms with van der Waals surface area (Å²) in [4.78, 5) is 3.80. The van der Waals surface area contributed by atoms with Gasteiger partial charge in [0.2, 0.25) is 0 Å². The third-order valence-corrected chi connectivity index (χ3v) is 2.70. The molecule has 0 saturated carbocycles. The predicted molar refractivity (Wildman–Crippen MR) is 72.4 cm³/mol. The zero-order valence-electron chi connectivity index (χ0n) is 10.9. The van der Waals surface area contributed by atoms with Crippen molar-refractivity contribution < 1.29 is 5.11 Å². The lowest BCUT2D eigenvalue weighted by atomic mass is 10.1. The molecule has 0 amide bonds. The van der Waals surface area contributed by atoms with Gasteiger partial charge in [0.25, 0.3) is 0 Å². The van der Waals surface area contributed by atoms with Gasteiger partial charge in [-0.1, -0.05) is 51.9 Å². The fourth-order valence-electron chi connectivity index (χ4n) is 1.68. The number of nitrogens with zero attached hydrogens (tertiary/aromatic N) is 1. The minimum Gasteiger partial charge on any atom is -0.512 e. The molecule has 0 bridgehead atoms. The highest BCUT2D eigenvalue weighted by atomic mass is 16.3. The molecule has 0 aliphatic carbocycles. The van der Waals surface area contributed by atoms with Crippen LogP contribution in [-0.4, -0.2) is 18.4 Å². The van der Waals surface area contributed by atoms with E-state index in [0.29, 0.717) is 5.76 Å². The minimum absolute atomic E-state index is 0.455. The Morgan fingerprint density at radius 2 is 1.56 bits per heavy atom. The maximum absolute atomic E-state index is 9.42. The summed E-state index contributed by atoms with van der Waals surface area (Å²) >= 11 is 0. The van der Waals surface area contributed by atoms with E-state index in [1.54, 1.807) is 19.3 Å². The fourth-order valence-corrected chi connectivity index (χ4v) is 1.68. The zero-order chi connectivity index (χ0) is 12.1. The van der Waals surface area contributed by atoms with Gasteiger partial charge in [0.1, 0.15) is 0 Å². The molecule has 0 aliphatic heterocycles. The molecule has 0 spiro atoms. The van der Waals surface area contributed by atoms with Gasteiger partial charge in [0.15, 0.2) is 0 Å². The van der Waals surface area contributed by atoms with E-state index in [9.17, 15) is 5.11 Å². The van der Waals surface area contributed by atoms with Crippen LogP contribution in [0.15, 0.2) is 16.8 Å². The van der Waals surface area contributed by atoms with E-state index >= 15 is 0 Å². The fraction of sp³-hybridized carbons (Fsp3) is 0.786. The van der Waals surface area contributed by atoms with Crippen molar-refractivity contribution in [2.75, 3.05) is 7.05 Å². The maximum atomic E-state index is 9.42. The smallest absolute Gasteiger partial charge is 0.0937 e. The van der Waals surface area contributed by atoms with Crippen LogP contribution in [0.1, 0.15) is 64.7 Å². The highest BCUT2D eigenvalue weighted by Gasteiger charge is 1.94. The number of hydrogen-bond donors (Lipinski definition) is 1. The average molecular weight is 225 g/mol. The molecule has 0 atom stereocenters. The summed E-state index contributed by atoms with van der Waals surface area (Å²) in [6.07, 6.45) is 14.5. The first-order valence-corrected chi connectivity index (χ1v) is 6.61. The van der Waals surface area contributed by atoms with Crippen molar-refractivity contribution in [1.82, 2.24) is 0 Å². The molecule has 0 rings (SSSR count). The van der Waals surface area contributed by atoms with E-state index in [1.165, 1.54) is 44.9 Å². The number of aliphatic imine (C=N–C) groups is 1. The lowest BCUT2D eigenvalue weighted by Crippen LogP contribution is -1.85. The van der Waals surface area contributed by atoms with Crippen LogP contribution in [-0.2, 0) is 0 Å². The van der Waals surface area contributed by atoms with Gasteiger partial charge in [0, 0.05) is 19.7 Å². The minimum atomic E-state index is 0.455. The first kappa shape index (κ1) is 15.2. The van der Waals surface area contributed by atoms with E-state index in [1.807, 2.05) is 0 Å². The summed E-state index contributed by atoms with van der Waals surface area (Å²) in [7, 11) is 1.71. The molecule has 0 aliphatic rings. The van der Waals surface area contributed by atoms with E-state index in [0.717, 1.165) is 12.8 Å². The van der Waals surface area contributed by atoms with Gasteiger partial charge in [-0.2, -0.15) is 0 Å². The first-order valence-electron chi connectivity index (χ1n) is 6.61. The molecule has 0 fully saturated rings. The Bertz CT molecular complexity index is 197. The zero-order valence-corrected chi connectivity index (χ0v) is 10.9. The van der Waals surface area contributed by atoms with Crippen LogP contribution in [0.2, 0.25) is 0 Å². The quantitative estimate of drug-likeness (QED) is 0.327. The van der Waals surface area contributed by atoms with Gasteiger partial charge in [0.05, 0.1) is 5.76 Å². The van der Waals surface area contributed by atoms with Gasteiger partial charge in [-0.05, 0) is 12.5 Å². The Kier molecular flexibility index (Phi) is 11.7. The highest BCUT2D eigenvalue weighted by Crippen LogP contribution is 2.11. The molecule has 0 aromatic rings. The van der Waals surface area contributed by atoms with Gasteiger partial charge in [-0.15, -0.1) is 0 Å². The lowest BCUT2D eigenvalue weighted by Gasteiger charge is -2.01. The van der Waals surface area contributed by atoms with Crippen molar-refractivity contribution >= 4 is 6.21 Å². The van der Waals surface area contributed by atoms with Crippen LogP contribution in [0, 0.1) is 0 Å². The van der Waals surface area contributed by atoms with Gasteiger partial charge in [-0.3, -0.25) is 4.99 Å². The predicted octanol–water partition coefficient (Wildman–Crippen LogP) is 4.66. The topological polar surface area (TPSA) is 32.6 Å². The molecular weight excluding hydrogens is 198 g/mol. The molecule has 0 aromatic heterocycles. The van der Waals surface area contributed by atoms with Crippen LogP contribution in [0.4, 0.5) is 0 Å². The Balaban J connectivity index is 3.20. The molecule has 0 heterocycles. The largest absolute Gasteiger partial charge is 0.512 e. The number of allylic oxidation sites excluding steroid dienone is 2. The van der Waals surface area contributed by atoms with Crippen LogP contribution >= 0.6 is 0 Å². The molecule has 0 unspecified atom stereocenters. The molecule has 1 N–H and O–H groups in total. The summed E-state index contributed by atoms with van der Waals surface area (Å²) in [6.45, 7) is 2.24. The third kappa shape index (κ3) is 11.3. The molecular formula is C14H27NO. The van der Waals surface area contributed by atoms with Crippen molar-refractivity contribution in [2.45, 2.75) is 64.7 Å². The SMILES string of the molecule is CCCCCCCCCCC(O)=C/C=N/C. The van der Waals surface area contributed by atoms with Crippen molar-refractivity contribution in [1.29, 1.82) is 0 Å². The maximum Gasteiger partial charge on any atom is 0.0937 e. The summed E-state index contributed by atoms with van der Waals surface area (Å²) in [5, 5.41) is 9.42. The Labute approximate surface area is 100 Å². The second kappa shape index (κ2) is 12.3. The number of rotatable bonds is 10. The van der Waals surface area contributed by atoms with E-state index in [2.05, 4.69) is 11.9 Å².